The van der Waals surface area contributed by atoms with Crippen LogP contribution in [-0.2, 0) is 19.1 Å². The van der Waals surface area contributed by atoms with Crippen molar-refractivity contribution in [1.82, 2.24) is 0 Å². The van der Waals surface area contributed by atoms with Crippen LogP contribution in [-0.4, -0.2) is 80.6 Å². The summed E-state index contributed by atoms with van der Waals surface area (Å²) in [4.78, 5) is 38.0. The molecule has 8 nitrogen and oxygen atoms in total. The Morgan fingerprint density at radius 2 is 1.03 bits per heavy atom. The first-order valence-electron chi connectivity index (χ1n) is 17.8. The van der Waals surface area contributed by atoms with Crippen LogP contribution in [0.3, 0.4) is 0 Å². The van der Waals surface area contributed by atoms with Crippen molar-refractivity contribution in [1.29, 1.82) is 0 Å². The molecule has 0 bridgehead atoms. The van der Waals surface area contributed by atoms with Crippen molar-refractivity contribution in [3.8, 4) is 17.2 Å². The lowest BCUT2D eigenvalue weighted by Gasteiger charge is -2.39. The van der Waals surface area contributed by atoms with Crippen molar-refractivity contribution in [2.75, 3.05) is 26.9 Å². The standard InChI is InChI=1S/C38H43F13O8/c1-6-32(4,23-31(2,3)29(53)58-22-19-33(39,40)34(41,42)35(43,44)36(45,46)37(47,48)38(49,50)51)30(54)57-21-10-8-7-9-20-56-26-13-11-24(12-14-26)28(52)59-27-17-15-25(55-5)16-18-27/h11-18H,6-10,19-23H2,1-5H3. The number of carbonyl (C=O) groups is 3. The predicted molar refractivity (Wildman–Crippen MR) is 182 cm³/mol. The second-order valence-corrected chi connectivity index (χ2v) is 14.3. The van der Waals surface area contributed by atoms with Gasteiger partial charge in [0.05, 0.1) is 49.7 Å². The van der Waals surface area contributed by atoms with Crippen LogP contribution in [0.25, 0.3) is 0 Å². The van der Waals surface area contributed by atoms with Gasteiger partial charge in [0.2, 0.25) is 0 Å². The molecule has 59 heavy (non-hydrogen) atoms. The van der Waals surface area contributed by atoms with Gasteiger partial charge in [0.1, 0.15) is 17.2 Å². The Balaban J connectivity index is 1.80. The Hall–Kier alpha value is -4.46. The van der Waals surface area contributed by atoms with E-state index in [4.69, 9.17) is 18.9 Å². The lowest BCUT2D eigenvalue weighted by molar-refractivity contribution is -0.440. The van der Waals surface area contributed by atoms with Gasteiger partial charge in [-0.2, -0.15) is 57.1 Å². The third kappa shape index (κ3) is 11.9. The zero-order valence-corrected chi connectivity index (χ0v) is 32.4. The van der Waals surface area contributed by atoms with Crippen LogP contribution in [0.4, 0.5) is 57.1 Å². The summed E-state index contributed by atoms with van der Waals surface area (Å²) in [5, 5.41) is 0. The number of unbranched alkanes of at least 4 members (excludes halogenated alkanes) is 3. The van der Waals surface area contributed by atoms with Gasteiger partial charge in [-0.1, -0.05) is 6.92 Å². The number of esters is 3. The minimum absolute atomic E-state index is 0.0425. The third-order valence-corrected chi connectivity index (χ3v) is 9.21. The molecule has 0 radical (unpaired) electrons. The number of hydrogen-bond donors (Lipinski definition) is 0. The SMILES string of the molecule is CCC(C)(CC(C)(C)C(=O)OCCC(F)(F)C(F)(F)C(F)(F)C(F)(F)C(F)(F)C(F)(F)F)C(=O)OCCCCCCOc1ccc(C(=O)Oc2ccc(OC)cc2)cc1. The molecular formula is C38H43F13O8. The van der Waals surface area contributed by atoms with E-state index in [0.29, 0.717) is 55.1 Å². The molecule has 0 spiro atoms. The lowest BCUT2D eigenvalue weighted by Crippen LogP contribution is -2.70. The molecular weight excluding hydrogens is 831 g/mol. The van der Waals surface area contributed by atoms with Crippen LogP contribution in [0.15, 0.2) is 48.5 Å². The van der Waals surface area contributed by atoms with Crippen LogP contribution >= 0.6 is 0 Å². The van der Waals surface area contributed by atoms with Crippen LogP contribution in [0.2, 0.25) is 0 Å². The van der Waals surface area contributed by atoms with E-state index in [1.165, 1.54) is 21.0 Å². The largest absolute Gasteiger partial charge is 0.497 e. The Kier molecular flexibility index (Phi) is 16.6. The van der Waals surface area contributed by atoms with Crippen molar-refractivity contribution >= 4 is 17.9 Å². The molecule has 0 saturated carbocycles. The van der Waals surface area contributed by atoms with E-state index in [0.717, 1.165) is 13.8 Å². The van der Waals surface area contributed by atoms with Crippen LogP contribution in [0.5, 0.6) is 17.2 Å². The van der Waals surface area contributed by atoms with Crippen LogP contribution < -0.4 is 14.2 Å². The maximum atomic E-state index is 14.1. The number of alkyl halides is 13. The van der Waals surface area contributed by atoms with Gasteiger partial charge in [0, 0.05) is 0 Å². The van der Waals surface area contributed by atoms with Gasteiger partial charge in [-0.25, -0.2) is 4.79 Å². The summed E-state index contributed by atoms with van der Waals surface area (Å²) in [7, 11) is 1.51. The van der Waals surface area contributed by atoms with Crippen molar-refractivity contribution in [2.24, 2.45) is 10.8 Å². The fourth-order valence-electron chi connectivity index (χ4n) is 5.40. The molecule has 334 valence electrons. The van der Waals surface area contributed by atoms with Gasteiger partial charge in [0.15, 0.2) is 0 Å². The Morgan fingerprint density at radius 3 is 1.54 bits per heavy atom. The summed E-state index contributed by atoms with van der Waals surface area (Å²) in [6.45, 7) is 3.57. The number of methoxy groups -OCH3 is 1. The zero-order valence-electron chi connectivity index (χ0n) is 32.4. The molecule has 2 rings (SSSR count). The van der Waals surface area contributed by atoms with E-state index in [-0.39, 0.29) is 13.0 Å². The summed E-state index contributed by atoms with van der Waals surface area (Å²) in [6, 6.07) is 12.8. The fraction of sp³-hybridized carbons (Fsp3) is 0.605. The number of rotatable bonds is 23. The summed E-state index contributed by atoms with van der Waals surface area (Å²) in [6.07, 6.45) is -8.28. The van der Waals surface area contributed by atoms with Crippen molar-refractivity contribution < 1.29 is 95.1 Å². The molecule has 21 heteroatoms. The molecule has 0 aliphatic carbocycles. The van der Waals surface area contributed by atoms with Crippen molar-refractivity contribution in [3.63, 3.8) is 0 Å². The quantitative estimate of drug-likeness (QED) is 0.0471. The average Bonchev–Trinajstić information content (AvgIpc) is 3.15. The minimum Gasteiger partial charge on any atom is -0.497 e. The summed E-state index contributed by atoms with van der Waals surface area (Å²) < 4.78 is 200. The fourth-order valence-corrected chi connectivity index (χ4v) is 5.40. The van der Waals surface area contributed by atoms with Gasteiger partial charge in [-0.15, -0.1) is 0 Å². The highest BCUT2D eigenvalue weighted by molar-refractivity contribution is 5.91. The van der Waals surface area contributed by atoms with Gasteiger partial charge in [-0.3, -0.25) is 9.59 Å². The average molecular weight is 875 g/mol. The van der Waals surface area contributed by atoms with Gasteiger partial charge in [0.25, 0.3) is 0 Å². The molecule has 0 heterocycles. The van der Waals surface area contributed by atoms with Gasteiger partial charge < -0.3 is 23.7 Å². The zero-order chi connectivity index (χ0) is 45.3. The van der Waals surface area contributed by atoms with Crippen molar-refractivity contribution in [3.05, 3.63) is 54.1 Å². The summed E-state index contributed by atoms with van der Waals surface area (Å²) in [5.41, 5.74) is -2.91. The maximum Gasteiger partial charge on any atom is 0.460 e. The first-order chi connectivity index (χ1) is 26.9. The molecule has 1 unspecified atom stereocenters. The molecule has 0 N–H and O–H groups in total. The molecule has 0 aromatic heterocycles. The van der Waals surface area contributed by atoms with E-state index in [2.05, 4.69) is 4.74 Å². The van der Waals surface area contributed by atoms with E-state index < -0.39 is 84.0 Å². The Bertz CT molecular complexity index is 1700. The molecule has 0 aliphatic rings. The number of hydrogen-bond acceptors (Lipinski definition) is 8. The topological polar surface area (TPSA) is 97.4 Å². The first-order valence-corrected chi connectivity index (χ1v) is 17.8. The molecule has 0 amide bonds. The second-order valence-electron chi connectivity index (χ2n) is 14.3. The smallest absolute Gasteiger partial charge is 0.460 e. The summed E-state index contributed by atoms with van der Waals surface area (Å²) >= 11 is 0. The molecule has 0 fully saturated rings. The maximum absolute atomic E-state index is 14.1. The van der Waals surface area contributed by atoms with Gasteiger partial charge in [-0.05, 0) is 108 Å². The first kappa shape index (κ1) is 50.7. The normalized spacial score (nSPS) is 14.3. The molecule has 0 aliphatic heterocycles. The monoisotopic (exact) mass is 874 g/mol. The molecule has 0 saturated heterocycles. The molecule has 2 aromatic rings. The van der Waals surface area contributed by atoms with Crippen molar-refractivity contribution in [2.45, 2.75) is 108 Å². The molecule has 2 aromatic carbocycles. The highest BCUT2D eigenvalue weighted by atomic mass is 19.4. The number of ether oxygens (including phenoxy) is 5. The highest BCUT2D eigenvalue weighted by Crippen LogP contribution is 2.60. The Morgan fingerprint density at radius 1 is 0.559 bits per heavy atom. The van der Waals surface area contributed by atoms with E-state index in [1.807, 2.05) is 0 Å². The Labute approximate surface area is 330 Å². The summed E-state index contributed by atoms with van der Waals surface area (Å²) in [5.74, 6) is -39.1. The number of halogens is 13. The van der Waals surface area contributed by atoms with Crippen LogP contribution in [0.1, 0.15) is 83.0 Å². The van der Waals surface area contributed by atoms with E-state index >= 15 is 0 Å². The number of carbonyl (C=O) groups excluding carboxylic acids is 3. The molecule has 1 atom stereocenters. The number of benzene rings is 2. The minimum atomic E-state index is -8.03. The third-order valence-electron chi connectivity index (χ3n) is 9.21. The lowest BCUT2D eigenvalue weighted by atomic mass is 9.72. The second kappa shape index (κ2) is 19.3. The van der Waals surface area contributed by atoms with Crippen LogP contribution in [0, 0.1) is 10.8 Å². The predicted octanol–water partition coefficient (Wildman–Crippen LogP) is 10.9. The van der Waals surface area contributed by atoms with E-state index in [9.17, 15) is 71.5 Å². The highest BCUT2D eigenvalue weighted by Gasteiger charge is 2.90. The van der Waals surface area contributed by atoms with E-state index in [1.54, 1.807) is 48.5 Å². The van der Waals surface area contributed by atoms with Gasteiger partial charge >= 0.3 is 53.7 Å².